The second kappa shape index (κ2) is 12.9. The van der Waals surface area contributed by atoms with E-state index >= 15 is 0 Å². The monoisotopic (exact) mass is 492 g/mol. The minimum atomic E-state index is 0. The number of methoxy groups -OCH3 is 2. The van der Waals surface area contributed by atoms with Gasteiger partial charge in [-0.3, -0.25) is 4.99 Å². The van der Waals surface area contributed by atoms with Crippen molar-refractivity contribution in [3.05, 3.63) is 18.2 Å². The first kappa shape index (κ1) is 23.6. The molecular weight excluding hydrogens is 459 g/mol. The van der Waals surface area contributed by atoms with Crippen LogP contribution in [0.25, 0.3) is 0 Å². The summed E-state index contributed by atoms with van der Waals surface area (Å²) >= 11 is 0. The van der Waals surface area contributed by atoms with E-state index in [4.69, 9.17) is 19.9 Å². The van der Waals surface area contributed by atoms with Crippen LogP contribution in [0.15, 0.2) is 23.2 Å². The van der Waals surface area contributed by atoms with Crippen molar-refractivity contribution in [2.75, 3.05) is 58.5 Å². The molecule has 0 saturated carbocycles. The van der Waals surface area contributed by atoms with Crippen LogP contribution < -0.4 is 25.4 Å². The average molecular weight is 492 g/mol. The van der Waals surface area contributed by atoms with Gasteiger partial charge in [-0.1, -0.05) is 0 Å². The standard InChI is InChI=1S/C19H32N4O3.HI/c1-4-26-9-5-7-21-19(20)22-13-15-6-8-23(14-15)16-10-17(24-2)12-18(11-16)25-3;/h10-12,15H,4-9,13-14H2,1-3H3,(H3,20,21,22);1H. The Kier molecular flexibility index (Phi) is 11.3. The number of guanidine groups is 1. The number of nitrogens with two attached hydrogens (primary N) is 1. The van der Waals surface area contributed by atoms with Crippen molar-refractivity contribution in [2.24, 2.45) is 16.6 Å². The molecule has 2 rings (SSSR count). The van der Waals surface area contributed by atoms with E-state index in [1.807, 2.05) is 25.1 Å². The van der Waals surface area contributed by atoms with Gasteiger partial charge in [0.15, 0.2) is 5.96 Å². The van der Waals surface area contributed by atoms with E-state index < -0.39 is 0 Å². The van der Waals surface area contributed by atoms with Crippen LogP contribution in [0.4, 0.5) is 5.69 Å². The van der Waals surface area contributed by atoms with Crippen molar-refractivity contribution in [2.45, 2.75) is 19.8 Å². The topological polar surface area (TPSA) is 81.3 Å². The average Bonchev–Trinajstić information content (AvgIpc) is 3.15. The largest absolute Gasteiger partial charge is 0.497 e. The fourth-order valence-corrected chi connectivity index (χ4v) is 3.01. The molecule has 1 fully saturated rings. The number of anilines is 1. The minimum absolute atomic E-state index is 0. The van der Waals surface area contributed by atoms with Gasteiger partial charge in [0.2, 0.25) is 0 Å². The molecule has 0 amide bonds. The number of rotatable bonds is 10. The minimum Gasteiger partial charge on any atom is -0.497 e. The maximum Gasteiger partial charge on any atom is 0.188 e. The molecule has 7 nitrogen and oxygen atoms in total. The summed E-state index contributed by atoms with van der Waals surface area (Å²) in [6.07, 6.45) is 2.03. The number of ether oxygens (including phenoxy) is 3. The molecule has 154 valence electrons. The normalized spacial score (nSPS) is 16.8. The van der Waals surface area contributed by atoms with Gasteiger partial charge < -0.3 is 30.2 Å². The molecule has 1 aromatic carbocycles. The third-order valence-electron chi connectivity index (χ3n) is 4.48. The van der Waals surface area contributed by atoms with Crippen LogP contribution in [-0.2, 0) is 4.74 Å². The Balaban J connectivity index is 0.00000364. The number of nitrogens with one attached hydrogen (secondary N) is 1. The second-order valence-electron chi connectivity index (χ2n) is 6.37. The van der Waals surface area contributed by atoms with Gasteiger partial charge in [0, 0.05) is 63.3 Å². The van der Waals surface area contributed by atoms with Gasteiger partial charge >= 0.3 is 0 Å². The van der Waals surface area contributed by atoms with Gasteiger partial charge in [0.05, 0.1) is 14.2 Å². The molecule has 3 N–H and O–H groups in total. The first-order valence-corrected chi connectivity index (χ1v) is 9.25. The summed E-state index contributed by atoms with van der Waals surface area (Å²) in [6, 6.07) is 5.98. The van der Waals surface area contributed by atoms with E-state index in [1.54, 1.807) is 14.2 Å². The fourth-order valence-electron chi connectivity index (χ4n) is 3.01. The Morgan fingerprint density at radius 3 is 2.59 bits per heavy atom. The van der Waals surface area contributed by atoms with E-state index in [0.717, 1.165) is 69.4 Å². The Bertz CT molecular complexity index is 564. The number of nitrogens with zero attached hydrogens (tertiary/aromatic N) is 2. The highest BCUT2D eigenvalue weighted by Crippen LogP contribution is 2.31. The van der Waals surface area contributed by atoms with Gasteiger partial charge in [0.25, 0.3) is 0 Å². The zero-order chi connectivity index (χ0) is 18.8. The molecule has 1 aliphatic heterocycles. The second-order valence-corrected chi connectivity index (χ2v) is 6.37. The molecular formula is C19H33IN4O3. The third kappa shape index (κ3) is 8.00. The number of halogens is 1. The molecule has 1 aromatic rings. The first-order chi connectivity index (χ1) is 12.7. The van der Waals surface area contributed by atoms with Gasteiger partial charge in [0.1, 0.15) is 11.5 Å². The molecule has 0 aromatic heterocycles. The fraction of sp³-hybridized carbons (Fsp3) is 0.632. The summed E-state index contributed by atoms with van der Waals surface area (Å²) in [7, 11) is 3.34. The SMILES string of the molecule is CCOCCCNC(N)=NCC1CCN(c2cc(OC)cc(OC)c2)C1.I. The summed E-state index contributed by atoms with van der Waals surface area (Å²) in [5.41, 5.74) is 7.06. The number of aliphatic imine (C=N–C) groups is 1. The molecule has 1 atom stereocenters. The highest BCUT2D eigenvalue weighted by molar-refractivity contribution is 14.0. The van der Waals surface area contributed by atoms with Crippen molar-refractivity contribution in [3.8, 4) is 11.5 Å². The molecule has 1 unspecified atom stereocenters. The van der Waals surface area contributed by atoms with Crippen molar-refractivity contribution < 1.29 is 14.2 Å². The quantitative estimate of drug-likeness (QED) is 0.226. The van der Waals surface area contributed by atoms with Crippen molar-refractivity contribution in [1.29, 1.82) is 0 Å². The summed E-state index contributed by atoms with van der Waals surface area (Å²) in [5.74, 6) is 2.63. The molecule has 1 aliphatic rings. The van der Waals surface area contributed by atoms with E-state index in [1.165, 1.54) is 0 Å². The summed E-state index contributed by atoms with van der Waals surface area (Å²) in [6.45, 7) is 6.97. The summed E-state index contributed by atoms with van der Waals surface area (Å²) in [4.78, 5) is 6.83. The maximum absolute atomic E-state index is 5.94. The van der Waals surface area contributed by atoms with E-state index in [-0.39, 0.29) is 24.0 Å². The van der Waals surface area contributed by atoms with Crippen LogP contribution >= 0.6 is 24.0 Å². The first-order valence-electron chi connectivity index (χ1n) is 9.25. The van der Waals surface area contributed by atoms with Crippen molar-refractivity contribution >= 4 is 35.6 Å². The Morgan fingerprint density at radius 1 is 1.26 bits per heavy atom. The lowest BCUT2D eigenvalue weighted by atomic mass is 10.1. The molecule has 1 heterocycles. The lowest BCUT2D eigenvalue weighted by molar-refractivity contribution is 0.145. The summed E-state index contributed by atoms with van der Waals surface area (Å²) in [5, 5.41) is 3.14. The smallest absolute Gasteiger partial charge is 0.188 e. The molecule has 0 bridgehead atoms. The molecule has 27 heavy (non-hydrogen) atoms. The molecule has 1 saturated heterocycles. The zero-order valence-corrected chi connectivity index (χ0v) is 18.9. The van der Waals surface area contributed by atoms with Crippen LogP contribution in [0, 0.1) is 5.92 Å². The van der Waals surface area contributed by atoms with Gasteiger partial charge in [-0.25, -0.2) is 0 Å². The van der Waals surface area contributed by atoms with Crippen LogP contribution in [0.1, 0.15) is 19.8 Å². The van der Waals surface area contributed by atoms with Crippen LogP contribution in [0.5, 0.6) is 11.5 Å². The van der Waals surface area contributed by atoms with Crippen molar-refractivity contribution in [3.63, 3.8) is 0 Å². The molecule has 0 spiro atoms. The predicted molar refractivity (Wildman–Crippen MR) is 121 cm³/mol. The van der Waals surface area contributed by atoms with E-state index in [0.29, 0.717) is 11.9 Å². The lowest BCUT2D eigenvalue weighted by Crippen LogP contribution is -2.33. The van der Waals surface area contributed by atoms with Crippen LogP contribution in [-0.4, -0.2) is 59.6 Å². The highest BCUT2D eigenvalue weighted by Gasteiger charge is 2.23. The molecule has 0 aliphatic carbocycles. The van der Waals surface area contributed by atoms with Gasteiger partial charge in [-0.15, -0.1) is 24.0 Å². The Labute approximate surface area is 179 Å². The molecule has 0 radical (unpaired) electrons. The van der Waals surface area contributed by atoms with Gasteiger partial charge in [-0.2, -0.15) is 0 Å². The highest BCUT2D eigenvalue weighted by atomic mass is 127. The predicted octanol–water partition coefficient (Wildman–Crippen LogP) is 2.48. The third-order valence-corrected chi connectivity index (χ3v) is 4.48. The maximum atomic E-state index is 5.94. The molecule has 8 heteroatoms. The number of benzene rings is 1. The summed E-state index contributed by atoms with van der Waals surface area (Å²) < 4.78 is 16.0. The van der Waals surface area contributed by atoms with Gasteiger partial charge in [-0.05, 0) is 25.7 Å². The van der Waals surface area contributed by atoms with E-state index in [2.05, 4.69) is 15.2 Å². The number of hydrogen-bond acceptors (Lipinski definition) is 5. The van der Waals surface area contributed by atoms with Crippen LogP contribution in [0.2, 0.25) is 0 Å². The number of hydrogen-bond donors (Lipinski definition) is 2. The Morgan fingerprint density at radius 2 is 1.96 bits per heavy atom. The lowest BCUT2D eigenvalue weighted by Gasteiger charge is -2.20. The Hall–Kier alpha value is -1.42. The van der Waals surface area contributed by atoms with Crippen molar-refractivity contribution in [1.82, 2.24) is 5.32 Å². The van der Waals surface area contributed by atoms with Crippen LogP contribution in [0.3, 0.4) is 0 Å². The zero-order valence-electron chi connectivity index (χ0n) is 16.6. The van der Waals surface area contributed by atoms with E-state index in [9.17, 15) is 0 Å².